The van der Waals surface area contributed by atoms with Gasteiger partial charge >= 0.3 is 0 Å². The summed E-state index contributed by atoms with van der Waals surface area (Å²) in [5.41, 5.74) is 4.22. The van der Waals surface area contributed by atoms with Crippen molar-refractivity contribution in [2.45, 2.75) is 26.1 Å². The lowest BCUT2D eigenvalue weighted by molar-refractivity contribution is -0.00521. The lowest BCUT2D eigenvalue weighted by Crippen LogP contribution is -2.45. The average molecular weight is 427 g/mol. The molecule has 1 fully saturated rings. The predicted octanol–water partition coefficient (Wildman–Crippen LogP) is 5.29. The number of ether oxygens (including phenoxy) is 2. The summed E-state index contributed by atoms with van der Waals surface area (Å²) in [4.78, 5) is 7.03. The molecule has 1 saturated heterocycles. The number of hydrogen-bond donors (Lipinski definition) is 0. The molecule has 0 spiro atoms. The first-order chi connectivity index (χ1) is 13.1. The first-order valence-corrected chi connectivity index (χ1v) is 9.98. The summed E-state index contributed by atoms with van der Waals surface area (Å²) in [6.45, 7) is 6.08. The van der Waals surface area contributed by atoms with E-state index in [4.69, 9.17) is 9.47 Å². The second kappa shape index (κ2) is 7.49. The maximum atomic E-state index is 5.84. The number of anilines is 1. The Morgan fingerprint density at radius 1 is 1.07 bits per heavy atom. The second-order valence-electron chi connectivity index (χ2n) is 7.05. The summed E-state index contributed by atoms with van der Waals surface area (Å²) in [5.74, 6) is 0.850. The van der Waals surface area contributed by atoms with Gasteiger partial charge in [0, 0.05) is 40.4 Å². The highest BCUT2D eigenvalue weighted by Gasteiger charge is 2.22. The van der Waals surface area contributed by atoms with E-state index in [2.05, 4.69) is 63.9 Å². The zero-order valence-electron chi connectivity index (χ0n) is 15.8. The molecule has 0 amide bonds. The van der Waals surface area contributed by atoms with Crippen LogP contribution in [0.2, 0.25) is 0 Å². The number of pyridine rings is 1. The third kappa shape index (κ3) is 3.54. The van der Waals surface area contributed by atoms with Gasteiger partial charge in [-0.1, -0.05) is 18.2 Å². The van der Waals surface area contributed by atoms with Crippen molar-refractivity contribution in [3.8, 4) is 16.9 Å². The normalized spacial score (nSPS) is 20.1. The summed E-state index contributed by atoms with van der Waals surface area (Å²) in [6.07, 6.45) is 2.38. The number of rotatable bonds is 3. The molecule has 4 rings (SSSR count). The van der Waals surface area contributed by atoms with Gasteiger partial charge in [-0.3, -0.25) is 4.98 Å². The number of hydrogen-bond acceptors (Lipinski definition) is 4. The molecule has 2 heterocycles. The van der Waals surface area contributed by atoms with E-state index >= 15 is 0 Å². The summed E-state index contributed by atoms with van der Waals surface area (Å²) < 4.78 is 12.6. The van der Waals surface area contributed by atoms with Crippen LogP contribution in [0.3, 0.4) is 0 Å². The fraction of sp³-hybridized carbons (Fsp3) is 0.318. The number of methoxy groups -OCH3 is 1. The molecule has 1 aromatic heterocycles. The summed E-state index contributed by atoms with van der Waals surface area (Å²) >= 11 is 3.57. The topological polar surface area (TPSA) is 34.6 Å². The molecule has 2 atom stereocenters. The van der Waals surface area contributed by atoms with Gasteiger partial charge in [0.05, 0.1) is 24.8 Å². The van der Waals surface area contributed by atoms with Crippen molar-refractivity contribution in [1.29, 1.82) is 0 Å². The van der Waals surface area contributed by atoms with Gasteiger partial charge in [-0.2, -0.15) is 0 Å². The smallest absolute Gasteiger partial charge is 0.137 e. The minimum absolute atomic E-state index is 0.247. The van der Waals surface area contributed by atoms with Crippen LogP contribution in [0.4, 0.5) is 5.69 Å². The first-order valence-electron chi connectivity index (χ1n) is 9.19. The highest BCUT2D eigenvalue weighted by Crippen LogP contribution is 2.38. The Balaban J connectivity index is 1.70. The molecule has 1 aliphatic heterocycles. The molecule has 0 N–H and O–H groups in total. The maximum Gasteiger partial charge on any atom is 0.137 e. The Morgan fingerprint density at radius 3 is 2.44 bits per heavy atom. The predicted molar refractivity (Wildman–Crippen MR) is 114 cm³/mol. The Bertz CT molecular complexity index is 948. The van der Waals surface area contributed by atoms with Crippen molar-refractivity contribution in [2.24, 2.45) is 0 Å². The molecule has 27 heavy (non-hydrogen) atoms. The Kier molecular flexibility index (Phi) is 5.06. The first kappa shape index (κ1) is 18.3. The van der Waals surface area contributed by atoms with Crippen molar-refractivity contribution < 1.29 is 9.47 Å². The van der Waals surface area contributed by atoms with Gasteiger partial charge in [0.2, 0.25) is 0 Å². The lowest BCUT2D eigenvalue weighted by atomic mass is 10.0. The fourth-order valence-electron chi connectivity index (χ4n) is 3.83. The lowest BCUT2D eigenvalue weighted by Gasteiger charge is -2.36. The van der Waals surface area contributed by atoms with E-state index in [0.29, 0.717) is 0 Å². The van der Waals surface area contributed by atoms with Crippen LogP contribution in [-0.4, -0.2) is 37.4 Å². The van der Waals surface area contributed by atoms with Crippen LogP contribution in [-0.2, 0) is 4.74 Å². The number of halogens is 1. The van der Waals surface area contributed by atoms with Crippen LogP contribution < -0.4 is 9.64 Å². The number of nitrogens with zero attached hydrogens (tertiary/aromatic N) is 2. The second-order valence-corrected chi connectivity index (χ2v) is 7.90. The van der Waals surface area contributed by atoms with Crippen LogP contribution in [0.15, 0.2) is 53.1 Å². The third-order valence-corrected chi connectivity index (χ3v) is 5.61. The van der Waals surface area contributed by atoms with E-state index in [1.54, 1.807) is 7.11 Å². The number of aromatic nitrogens is 1. The molecule has 4 nitrogen and oxygen atoms in total. The van der Waals surface area contributed by atoms with Crippen LogP contribution in [0.5, 0.6) is 5.75 Å². The molecule has 0 unspecified atom stereocenters. The molecule has 1 aliphatic rings. The number of benzene rings is 2. The quantitative estimate of drug-likeness (QED) is 0.569. The largest absolute Gasteiger partial charge is 0.495 e. The minimum atomic E-state index is 0.247. The van der Waals surface area contributed by atoms with Gasteiger partial charge in [0.15, 0.2) is 0 Å². The van der Waals surface area contributed by atoms with Gasteiger partial charge in [-0.25, -0.2) is 0 Å². The van der Waals surface area contributed by atoms with E-state index in [1.165, 1.54) is 5.69 Å². The zero-order chi connectivity index (χ0) is 19.0. The fourth-order valence-corrected chi connectivity index (χ4v) is 4.30. The molecule has 140 valence electrons. The van der Waals surface area contributed by atoms with E-state index in [9.17, 15) is 0 Å². The van der Waals surface area contributed by atoms with Crippen molar-refractivity contribution in [3.63, 3.8) is 0 Å². The van der Waals surface area contributed by atoms with E-state index in [-0.39, 0.29) is 12.2 Å². The van der Waals surface area contributed by atoms with Crippen molar-refractivity contribution in [3.05, 3.63) is 53.1 Å². The van der Waals surface area contributed by atoms with Gasteiger partial charge in [0.1, 0.15) is 5.75 Å². The van der Waals surface area contributed by atoms with Crippen LogP contribution in [0, 0.1) is 0 Å². The van der Waals surface area contributed by atoms with E-state index in [1.807, 2.05) is 24.4 Å². The highest BCUT2D eigenvalue weighted by atomic mass is 79.9. The number of morpholine rings is 1. The van der Waals surface area contributed by atoms with Crippen molar-refractivity contribution in [1.82, 2.24) is 4.98 Å². The molecule has 0 saturated carbocycles. The zero-order valence-corrected chi connectivity index (χ0v) is 17.4. The molecule has 0 radical (unpaired) electrons. The van der Waals surface area contributed by atoms with Gasteiger partial charge in [-0.15, -0.1) is 0 Å². The molecule has 0 bridgehead atoms. The molecule has 5 heteroatoms. The molecule has 0 aliphatic carbocycles. The van der Waals surface area contributed by atoms with Crippen LogP contribution >= 0.6 is 15.9 Å². The molecular formula is C22H23BrN2O2. The van der Waals surface area contributed by atoms with Crippen molar-refractivity contribution in [2.75, 3.05) is 25.1 Å². The van der Waals surface area contributed by atoms with Gasteiger partial charge in [-0.05, 0) is 59.6 Å². The SMILES string of the molecule is COc1c(-c2ccc(N3C[C@@H](C)O[C@@H](C)C3)cc2)cnc2c(Br)cccc12. The molecule has 2 aromatic carbocycles. The standard InChI is InChI=1S/C22H23BrN2O2/c1-14-12-25(13-15(2)27-14)17-9-7-16(8-10-17)19-11-24-21-18(22(19)26-3)5-4-6-20(21)23/h4-11,14-15H,12-13H2,1-3H3/t14-,15+. The average Bonchev–Trinajstić information content (AvgIpc) is 2.67. The summed E-state index contributed by atoms with van der Waals surface area (Å²) in [6, 6.07) is 14.7. The minimum Gasteiger partial charge on any atom is -0.495 e. The van der Waals surface area contributed by atoms with Gasteiger partial charge in [0.25, 0.3) is 0 Å². The van der Waals surface area contributed by atoms with Gasteiger partial charge < -0.3 is 14.4 Å². The molecular weight excluding hydrogens is 404 g/mol. The number of para-hydroxylation sites is 1. The van der Waals surface area contributed by atoms with E-state index < -0.39 is 0 Å². The Morgan fingerprint density at radius 2 is 1.78 bits per heavy atom. The summed E-state index contributed by atoms with van der Waals surface area (Å²) in [7, 11) is 1.71. The summed E-state index contributed by atoms with van der Waals surface area (Å²) in [5, 5.41) is 1.00. The Labute approximate surface area is 168 Å². The Hall–Kier alpha value is -2.11. The van der Waals surface area contributed by atoms with Crippen LogP contribution in [0.1, 0.15) is 13.8 Å². The monoisotopic (exact) mass is 426 g/mol. The maximum absolute atomic E-state index is 5.84. The van der Waals surface area contributed by atoms with E-state index in [0.717, 1.165) is 45.3 Å². The number of fused-ring (bicyclic) bond motifs is 1. The molecule has 3 aromatic rings. The highest BCUT2D eigenvalue weighted by molar-refractivity contribution is 9.10. The van der Waals surface area contributed by atoms with Crippen molar-refractivity contribution >= 4 is 32.5 Å². The van der Waals surface area contributed by atoms with Crippen LogP contribution in [0.25, 0.3) is 22.0 Å². The third-order valence-electron chi connectivity index (χ3n) is 4.97.